The Morgan fingerprint density at radius 2 is 2.30 bits per heavy atom. The highest BCUT2D eigenvalue weighted by molar-refractivity contribution is 9.10. The lowest BCUT2D eigenvalue weighted by molar-refractivity contribution is -0.390. The number of nitro groups is 1. The van der Waals surface area contributed by atoms with Crippen molar-refractivity contribution in [2.45, 2.75) is 13.0 Å². The van der Waals surface area contributed by atoms with Crippen molar-refractivity contribution < 1.29 is 18.9 Å². The minimum absolute atomic E-state index is 0.0649. The summed E-state index contributed by atoms with van der Waals surface area (Å²) in [6.45, 7) is 1.74. The van der Waals surface area contributed by atoms with Gasteiger partial charge in [-0.3, -0.25) is 0 Å². The normalized spacial score (nSPS) is 12.2. The summed E-state index contributed by atoms with van der Waals surface area (Å²) in [5, 5.41) is 14.6. The van der Waals surface area contributed by atoms with Crippen LogP contribution in [-0.2, 0) is 4.74 Å². The molecule has 0 radical (unpaired) electrons. The molecule has 8 nitrogen and oxygen atoms in total. The third-order valence-corrected chi connectivity index (χ3v) is 3.22. The van der Waals surface area contributed by atoms with Crippen LogP contribution in [0.3, 0.4) is 0 Å². The van der Waals surface area contributed by atoms with Crippen molar-refractivity contribution in [3.63, 3.8) is 0 Å². The second-order valence-electron chi connectivity index (χ2n) is 3.91. The van der Waals surface area contributed by atoms with Crippen LogP contribution in [0, 0.1) is 10.1 Å². The first-order chi connectivity index (χ1) is 9.43. The summed E-state index contributed by atoms with van der Waals surface area (Å²) in [4.78, 5) is 21.5. The van der Waals surface area contributed by atoms with E-state index in [1.165, 1.54) is 24.1 Å². The van der Waals surface area contributed by atoms with E-state index in [9.17, 15) is 14.9 Å². The molecule has 0 amide bonds. The molecule has 0 saturated carbocycles. The van der Waals surface area contributed by atoms with Gasteiger partial charge in [0, 0.05) is 0 Å². The number of ether oxygens (including phenoxy) is 1. The van der Waals surface area contributed by atoms with Gasteiger partial charge >= 0.3 is 11.8 Å². The zero-order valence-corrected chi connectivity index (χ0v) is 12.2. The summed E-state index contributed by atoms with van der Waals surface area (Å²) in [6, 6.07) is 2.67. The van der Waals surface area contributed by atoms with Gasteiger partial charge in [0.2, 0.25) is 5.76 Å². The highest BCUT2D eigenvalue weighted by atomic mass is 79.9. The number of methoxy groups -OCH3 is 1. The maximum Gasteiger partial charge on any atom is 0.404 e. The van der Waals surface area contributed by atoms with Crippen molar-refractivity contribution in [1.29, 1.82) is 0 Å². The molecule has 2 aromatic heterocycles. The van der Waals surface area contributed by atoms with Crippen LogP contribution in [0.4, 0.5) is 5.82 Å². The molecule has 9 heteroatoms. The lowest BCUT2D eigenvalue weighted by Crippen LogP contribution is -2.07. The van der Waals surface area contributed by atoms with E-state index in [1.54, 1.807) is 13.0 Å². The Labute approximate surface area is 121 Å². The molecule has 0 bridgehead atoms. The molecule has 1 atom stereocenters. The smallest absolute Gasteiger partial charge is 0.404 e. The summed E-state index contributed by atoms with van der Waals surface area (Å²) < 4.78 is 11.5. The number of carbonyl (C=O) groups is 1. The van der Waals surface area contributed by atoms with Crippen molar-refractivity contribution in [3.05, 3.63) is 44.4 Å². The SMILES string of the molecule is COC(=O)c1ccc(C(C)n2cc(Br)c([N+](=O)[O-])n2)o1. The van der Waals surface area contributed by atoms with E-state index in [0.29, 0.717) is 5.76 Å². The van der Waals surface area contributed by atoms with Crippen LogP contribution in [0.1, 0.15) is 29.3 Å². The van der Waals surface area contributed by atoms with Gasteiger partial charge in [0.1, 0.15) is 16.3 Å². The fourth-order valence-electron chi connectivity index (χ4n) is 1.60. The van der Waals surface area contributed by atoms with Gasteiger partial charge in [0.05, 0.1) is 18.4 Å². The van der Waals surface area contributed by atoms with Crippen molar-refractivity contribution in [3.8, 4) is 0 Å². The molecule has 2 aromatic rings. The Bertz CT molecular complexity index is 663. The van der Waals surface area contributed by atoms with Gasteiger partial charge in [-0.1, -0.05) is 0 Å². The summed E-state index contributed by atoms with van der Waals surface area (Å²) in [7, 11) is 1.25. The Kier molecular flexibility index (Phi) is 3.89. The monoisotopic (exact) mass is 343 g/mol. The van der Waals surface area contributed by atoms with Gasteiger partial charge < -0.3 is 19.3 Å². The van der Waals surface area contributed by atoms with Crippen LogP contribution >= 0.6 is 15.9 Å². The maximum atomic E-state index is 11.3. The third kappa shape index (κ3) is 2.57. The molecular weight excluding hydrogens is 334 g/mol. The minimum Gasteiger partial charge on any atom is -0.463 e. The van der Waals surface area contributed by atoms with Gasteiger partial charge in [-0.2, -0.15) is 4.68 Å². The molecule has 0 aliphatic carbocycles. The summed E-state index contributed by atoms with van der Waals surface area (Å²) in [6.07, 6.45) is 1.48. The summed E-state index contributed by atoms with van der Waals surface area (Å²) in [5.41, 5.74) is 0. The molecule has 0 aliphatic rings. The Morgan fingerprint density at radius 1 is 1.60 bits per heavy atom. The van der Waals surface area contributed by atoms with Crippen LogP contribution in [0.25, 0.3) is 0 Å². The molecule has 0 spiro atoms. The molecule has 2 heterocycles. The highest BCUT2D eigenvalue weighted by Gasteiger charge is 2.24. The van der Waals surface area contributed by atoms with Crippen molar-refractivity contribution in [1.82, 2.24) is 9.78 Å². The Hall–Kier alpha value is -2.16. The van der Waals surface area contributed by atoms with Crippen LogP contribution in [0.2, 0.25) is 0 Å². The van der Waals surface area contributed by atoms with E-state index in [4.69, 9.17) is 4.42 Å². The highest BCUT2D eigenvalue weighted by Crippen LogP contribution is 2.27. The first-order valence-corrected chi connectivity index (χ1v) is 6.30. The van der Waals surface area contributed by atoms with E-state index in [-0.39, 0.29) is 16.1 Å². The summed E-state index contributed by atoms with van der Waals surface area (Å²) in [5.74, 6) is -0.363. The fourth-order valence-corrected chi connectivity index (χ4v) is 2.03. The van der Waals surface area contributed by atoms with E-state index in [2.05, 4.69) is 25.8 Å². The molecule has 0 saturated heterocycles. The number of halogens is 1. The van der Waals surface area contributed by atoms with Gasteiger partial charge in [0.25, 0.3) is 0 Å². The number of aromatic nitrogens is 2. The maximum absolute atomic E-state index is 11.3. The lowest BCUT2D eigenvalue weighted by Gasteiger charge is -2.04. The number of rotatable bonds is 4. The van der Waals surface area contributed by atoms with Gasteiger partial charge in [-0.05, 0) is 39.9 Å². The molecule has 20 heavy (non-hydrogen) atoms. The first kappa shape index (κ1) is 14.3. The average Bonchev–Trinajstić information content (AvgIpc) is 3.03. The third-order valence-electron chi connectivity index (χ3n) is 2.66. The van der Waals surface area contributed by atoms with Crippen LogP contribution < -0.4 is 0 Å². The average molecular weight is 344 g/mol. The second-order valence-corrected chi connectivity index (χ2v) is 4.76. The van der Waals surface area contributed by atoms with E-state index < -0.39 is 16.9 Å². The van der Waals surface area contributed by atoms with Gasteiger partial charge in [-0.15, -0.1) is 0 Å². The van der Waals surface area contributed by atoms with E-state index >= 15 is 0 Å². The largest absolute Gasteiger partial charge is 0.463 e. The van der Waals surface area contributed by atoms with Gasteiger partial charge in [0.15, 0.2) is 0 Å². The number of carbonyl (C=O) groups excluding carboxylic acids is 1. The molecule has 0 fully saturated rings. The Morgan fingerprint density at radius 3 is 2.85 bits per heavy atom. The minimum atomic E-state index is -0.588. The van der Waals surface area contributed by atoms with E-state index in [0.717, 1.165) is 0 Å². The molecular formula is C11H10BrN3O5. The number of nitrogens with zero attached hydrogens (tertiary/aromatic N) is 3. The lowest BCUT2D eigenvalue weighted by atomic mass is 10.2. The fraction of sp³-hybridized carbons (Fsp3) is 0.273. The predicted molar refractivity (Wildman–Crippen MR) is 70.4 cm³/mol. The van der Waals surface area contributed by atoms with E-state index in [1.807, 2.05) is 0 Å². The Balaban J connectivity index is 2.29. The quantitative estimate of drug-likeness (QED) is 0.480. The zero-order chi connectivity index (χ0) is 14.9. The molecule has 0 N–H and O–H groups in total. The molecule has 2 rings (SSSR count). The number of hydrogen-bond acceptors (Lipinski definition) is 6. The molecule has 0 aromatic carbocycles. The predicted octanol–water partition coefficient (Wildman–Crippen LogP) is 2.54. The van der Waals surface area contributed by atoms with Crippen molar-refractivity contribution in [2.75, 3.05) is 7.11 Å². The topological polar surface area (TPSA) is 100 Å². The van der Waals surface area contributed by atoms with Crippen LogP contribution in [0.5, 0.6) is 0 Å². The second kappa shape index (κ2) is 5.45. The van der Waals surface area contributed by atoms with Gasteiger partial charge in [-0.25, -0.2) is 4.79 Å². The number of esters is 1. The standard InChI is InChI=1S/C11H10BrN3O5/c1-6(8-3-4-9(20-8)11(16)19-2)14-5-7(12)10(13-14)15(17)18/h3-6H,1-2H3. The zero-order valence-electron chi connectivity index (χ0n) is 10.6. The van der Waals surface area contributed by atoms with Crippen molar-refractivity contribution >= 4 is 27.7 Å². The molecule has 106 valence electrons. The molecule has 0 aliphatic heterocycles. The molecule has 1 unspecified atom stereocenters. The van der Waals surface area contributed by atoms with Crippen LogP contribution in [-0.4, -0.2) is 27.8 Å². The number of hydrogen-bond donors (Lipinski definition) is 0. The first-order valence-electron chi connectivity index (χ1n) is 5.51. The number of furan rings is 1. The van der Waals surface area contributed by atoms with Crippen LogP contribution in [0.15, 0.2) is 27.2 Å². The van der Waals surface area contributed by atoms with Crippen molar-refractivity contribution in [2.24, 2.45) is 0 Å². The summed E-state index contributed by atoms with van der Waals surface area (Å²) >= 11 is 3.07.